The van der Waals surface area contributed by atoms with Gasteiger partial charge >= 0.3 is 0 Å². The predicted octanol–water partition coefficient (Wildman–Crippen LogP) is 3.56. The van der Waals surface area contributed by atoms with Gasteiger partial charge in [0.25, 0.3) is 0 Å². The van der Waals surface area contributed by atoms with Crippen molar-refractivity contribution in [2.75, 3.05) is 13.7 Å². The van der Waals surface area contributed by atoms with Crippen LogP contribution in [-0.4, -0.2) is 25.7 Å². The molecule has 24 heavy (non-hydrogen) atoms. The molecule has 1 aromatic rings. The van der Waals surface area contributed by atoms with Gasteiger partial charge < -0.3 is 15.4 Å². The van der Waals surface area contributed by atoms with Crippen LogP contribution in [0.2, 0.25) is 0 Å². The zero-order valence-corrected chi connectivity index (χ0v) is 15.1. The molecule has 4 heteroatoms. The van der Waals surface area contributed by atoms with E-state index in [0.29, 0.717) is 6.54 Å². The summed E-state index contributed by atoms with van der Waals surface area (Å²) in [6, 6.07) is 8.23. The van der Waals surface area contributed by atoms with Gasteiger partial charge in [0.1, 0.15) is 6.61 Å². The van der Waals surface area contributed by atoms with E-state index in [1.54, 1.807) is 0 Å². The Hall–Kier alpha value is -1.65. The molecule has 0 heterocycles. The van der Waals surface area contributed by atoms with Gasteiger partial charge in [-0.05, 0) is 44.4 Å². The topological polar surface area (TPSA) is 50.4 Å². The largest absolute Gasteiger partial charge is 0.369 e. The normalized spacial score (nSPS) is 11.9. The maximum Gasteiger partial charge on any atom is 0.246 e. The number of hydrogen-bond acceptors (Lipinski definition) is 3. The summed E-state index contributed by atoms with van der Waals surface area (Å²) >= 11 is 0. The van der Waals surface area contributed by atoms with Crippen molar-refractivity contribution in [3.63, 3.8) is 0 Å². The van der Waals surface area contributed by atoms with Crippen molar-refractivity contribution in [2.24, 2.45) is 0 Å². The van der Waals surface area contributed by atoms with Crippen LogP contribution in [0, 0.1) is 0 Å². The van der Waals surface area contributed by atoms with E-state index >= 15 is 0 Å². The highest BCUT2D eigenvalue weighted by atomic mass is 16.5. The first kappa shape index (κ1) is 20.4. The van der Waals surface area contributed by atoms with Crippen LogP contribution >= 0.6 is 0 Å². The van der Waals surface area contributed by atoms with Crippen molar-refractivity contribution in [3.8, 4) is 0 Å². The van der Waals surface area contributed by atoms with E-state index in [9.17, 15) is 4.79 Å². The lowest BCUT2D eigenvalue weighted by Crippen LogP contribution is -2.28. The smallest absolute Gasteiger partial charge is 0.246 e. The minimum Gasteiger partial charge on any atom is -0.369 e. The first-order valence-corrected chi connectivity index (χ1v) is 8.87. The third-order valence-corrected chi connectivity index (χ3v) is 3.91. The lowest BCUT2D eigenvalue weighted by atomic mass is 10.1. The Balaban J connectivity index is 2.13. The van der Waals surface area contributed by atoms with Crippen LogP contribution in [-0.2, 0) is 22.6 Å². The molecular formula is C20H32N2O2. The van der Waals surface area contributed by atoms with E-state index in [4.69, 9.17) is 4.74 Å². The number of allylic oxidation sites excluding steroid dienone is 1. The standard InChI is InChI=1S/C20H32N2O2/c1-4-5-6-7-8-9-17(2)24-16-20(23)22-15-19-12-10-18(11-13-19)14-21-3/h4,10-13,17,21H,1,5-9,14-16H2,2-3H3,(H,22,23). The molecule has 1 aromatic carbocycles. The molecule has 0 radical (unpaired) electrons. The minimum atomic E-state index is -0.0622. The van der Waals surface area contributed by atoms with Gasteiger partial charge in [-0.3, -0.25) is 4.79 Å². The molecule has 2 N–H and O–H groups in total. The highest BCUT2D eigenvalue weighted by Crippen LogP contribution is 2.08. The predicted molar refractivity (Wildman–Crippen MR) is 99.7 cm³/mol. The summed E-state index contributed by atoms with van der Waals surface area (Å²) < 4.78 is 5.61. The van der Waals surface area contributed by atoms with E-state index in [1.807, 2.05) is 32.2 Å². The van der Waals surface area contributed by atoms with Crippen molar-refractivity contribution in [3.05, 3.63) is 48.0 Å². The Morgan fingerprint density at radius 3 is 2.46 bits per heavy atom. The van der Waals surface area contributed by atoms with Crippen LogP contribution < -0.4 is 10.6 Å². The zero-order chi connectivity index (χ0) is 17.6. The third-order valence-electron chi connectivity index (χ3n) is 3.91. The van der Waals surface area contributed by atoms with Crippen LogP contribution in [0.3, 0.4) is 0 Å². The molecule has 0 aliphatic rings. The number of carbonyl (C=O) groups is 1. The Morgan fingerprint density at radius 1 is 1.17 bits per heavy atom. The van der Waals surface area contributed by atoms with E-state index < -0.39 is 0 Å². The third kappa shape index (κ3) is 9.48. The summed E-state index contributed by atoms with van der Waals surface area (Å²) in [5.41, 5.74) is 2.33. The number of rotatable bonds is 13. The van der Waals surface area contributed by atoms with Gasteiger partial charge in [-0.1, -0.05) is 43.2 Å². The molecule has 0 fully saturated rings. The summed E-state index contributed by atoms with van der Waals surface area (Å²) in [6.45, 7) is 7.27. The van der Waals surface area contributed by atoms with Crippen LogP contribution in [0.4, 0.5) is 0 Å². The first-order valence-electron chi connectivity index (χ1n) is 8.87. The van der Waals surface area contributed by atoms with Crippen molar-refractivity contribution in [1.29, 1.82) is 0 Å². The van der Waals surface area contributed by atoms with Crippen LogP contribution in [0.15, 0.2) is 36.9 Å². The summed E-state index contributed by atoms with van der Waals surface area (Å²) in [5, 5.41) is 6.01. The van der Waals surface area contributed by atoms with Crippen LogP contribution in [0.1, 0.15) is 50.2 Å². The van der Waals surface area contributed by atoms with E-state index in [2.05, 4.69) is 29.3 Å². The van der Waals surface area contributed by atoms with Gasteiger partial charge in [0, 0.05) is 13.1 Å². The molecule has 0 saturated heterocycles. The molecule has 1 atom stereocenters. The average Bonchev–Trinajstić information content (AvgIpc) is 2.59. The number of amides is 1. The van der Waals surface area contributed by atoms with Gasteiger partial charge in [-0.15, -0.1) is 6.58 Å². The van der Waals surface area contributed by atoms with E-state index in [1.165, 1.54) is 18.4 Å². The lowest BCUT2D eigenvalue weighted by Gasteiger charge is -2.13. The second-order valence-corrected chi connectivity index (χ2v) is 6.17. The number of unbranched alkanes of at least 4 members (excludes halogenated alkanes) is 3. The quantitative estimate of drug-likeness (QED) is 0.429. The van der Waals surface area contributed by atoms with Gasteiger partial charge in [-0.2, -0.15) is 0 Å². The molecule has 1 unspecified atom stereocenters. The average molecular weight is 332 g/mol. The second kappa shape index (κ2) is 12.7. The maximum atomic E-state index is 11.8. The molecule has 0 aliphatic heterocycles. The lowest BCUT2D eigenvalue weighted by molar-refractivity contribution is -0.127. The Morgan fingerprint density at radius 2 is 1.83 bits per heavy atom. The molecule has 0 spiro atoms. The fourth-order valence-electron chi connectivity index (χ4n) is 2.43. The van der Waals surface area contributed by atoms with Gasteiger partial charge in [0.15, 0.2) is 0 Å². The SMILES string of the molecule is C=CCCCCCC(C)OCC(=O)NCc1ccc(CNC)cc1. The number of carbonyl (C=O) groups excluding carboxylic acids is 1. The molecule has 0 bridgehead atoms. The van der Waals surface area contributed by atoms with Crippen molar-refractivity contribution < 1.29 is 9.53 Å². The van der Waals surface area contributed by atoms with Crippen LogP contribution in [0.5, 0.6) is 0 Å². The minimum absolute atomic E-state index is 0.0622. The molecule has 0 aromatic heterocycles. The zero-order valence-electron chi connectivity index (χ0n) is 15.1. The molecule has 1 amide bonds. The highest BCUT2D eigenvalue weighted by Gasteiger charge is 2.06. The first-order chi connectivity index (χ1) is 11.7. The van der Waals surface area contributed by atoms with Crippen LogP contribution in [0.25, 0.3) is 0 Å². The van der Waals surface area contributed by atoms with Gasteiger partial charge in [0.05, 0.1) is 6.10 Å². The van der Waals surface area contributed by atoms with Gasteiger partial charge in [-0.25, -0.2) is 0 Å². The fraction of sp³-hybridized carbons (Fsp3) is 0.550. The highest BCUT2D eigenvalue weighted by molar-refractivity contribution is 5.77. The summed E-state index contributed by atoms with van der Waals surface area (Å²) in [7, 11) is 1.93. The molecule has 0 saturated carbocycles. The number of hydrogen-bond donors (Lipinski definition) is 2. The second-order valence-electron chi connectivity index (χ2n) is 6.17. The molecular weight excluding hydrogens is 300 g/mol. The summed E-state index contributed by atoms with van der Waals surface area (Å²) in [6.07, 6.45) is 7.67. The fourth-order valence-corrected chi connectivity index (χ4v) is 2.43. The molecule has 4 nitrogen and oxygen atoms in total. The number of benzene rings is 1. The van der Waals surface area contributed by atoms with Crippen molar-refractivity contribution >= 4 is 5.91 Å². The van der Waals surface area contributed by atoms with Crippen molar-refractivity contribution in [2.45, 2.75) is 58.2 Å². The maximum absolute atomic E-state index is 11.8. The van der Waals surface area contributed by atoms with Gasteiger partial charge in [0.2, 0.25) is 5.91 Å². The van der Waals surface area contributed by atoms with Crippen molar-refractivity contribution in [1.82, 2.24) is 10.6 Å². The Bertz CT molecular complexity index is 471. The summed E-state index contributed by atoms with van der Waals surface area (Å²) in [4.78, 5) is 11.8. The number of nitrogens with one attached hydrogen (secondary N) is 2. The van der Waals surface area contributed by atoms with E-state index in [-0.39, 0.29) is 18.6 Å². The molecule has 134 valence electrons. The Labute approximate surface area is 146 Å². The molecule has 0 aliphatic carbocycles. The van der Waals surface area contributed by atoms with E-state index in [0.717, 1.165) is 31.4 Å². The Kier molecular flexibility index (Phi) is 10.8. The summed E-state index contributed by atoms with van der Waals surface area (Å²) in [5.74, 6) is -0.0622. The monoisotopic (exact) mass is 332 g/mol. The molecule has 1 rings (SSSR count). The number of ether oxygens (including phenoxy) is 1.